The molecule has 1 heterocycles. The van der Waals surface area contributed by atoms with E-state index < -0.39 is 0 Å². The van der Waals surface area contributed by atoms with Crippen LogP contribution in [0.5, 0.6) is 0 Å². The third-order valence-electron chi connectivity index (χ3n) is 5.42. The number of aromatic nitrogens is 1. The van der Waals surface area contributed by atoms with Gasteiger partial charge in [0.15, 0.2) is 0 Å². The molecule has 1 aliphatic rings. The zero-order valence-electron chi connectivity index (χ0n) is 14.5. The number of nitrogens with one attached hydrogen (secondary N) is 2. The highest BCUT2D eigenvalue weighted by atomic mass is 16.1. The van der Waals surface area contributed by atoms with Crippen molar-refractivity contribution in [2.24, 2.45) is 0 Å². The molecule has 128 valence electrons. The highest BCUT2D eigenvalue weighted by Gasteiger charge is 2.19. The Hall–Kier alpha value is -3.07. The summed E-state index contributed by atoms with van der Waals surface area (Å²) in [6.45, 7) is 0. The first-order valence-electron chi connectivity index (χ1n) is 9.23. The molecule has 0 aliphatic heterocycles. The Balaban J connectivity index is 1.57. The highest BCUT2D eigenvalue weighted by Crippen LogP contribution is 2.31. The van der Waals surface area contributed by atoms with Gasteiger partial charge >= 0.3 is 0 Å². The quantitative estimate of drug-likeness (QED) is 0.500. The third-order valence-corrected chi connectivity index (χ3v) is 5.42. The van der Waals surface area contributed by atoms with E-state index in [4.69, 9.17) is 0 Å². The van der Waals surface area contributed by atoms with E-state index in [2.05, 4.69) is 28.5 Å². The summed E-state index contributed by atoms with van der Waals surface area (Å²) < 4.78 is 0. The molecular formula is C23H20N2O. The van der Waals surface area contributed by atoms with Crippen molar-refractivity contribution in [2.45, 2.75) is 25.7 Å². The molecule has 0 bridgehead atoms. The van der Waals surface area contributed by atoms with E-state index >= 15 is 0 Å². The summed E-state index contributed by atoms with van der Waals surface area (Å²) >= 11 is 0. The number of anilines is 1. The minimum Gasteiger partial charge on any atom is -0.358 e. The van der Waals surface area contributed by atoms with Gasteiger partial charge in [0.25, 0.3) is 5.91 Å². The number of fused-ring (bicyclic) bond motifs is 4. The average Bonchev–Trinajstić information content (AvgIpc) is 3.07. The van der Waals surface area contributed by atoms with E-state index in [0.29, 0.717) is 5.56 Å². The first-order chi connectivity index (χ1) is 12.8. The number of amides is 1. The molecule has 2 N–H and O–H groups in total. The largest absolute Gasteiger partial charge is 0.358 e. The zero-order valence-corrected chi connectivity index (χ0v) is 14.5. The minimum atomic E-state index is -0.0643. The second-order valence-electron chi connectivity index (χ2n) is 7.00. The Kier molecular flexibility index (Phi) is 3.52. The second-order valence-corrected chi connectivity index (χ2v) is 7.00. The van der Waals surface area contributed by atoms with Crippen LogP contribution in [0.1, 0.15) is 34.5 Å². The van der Waals surface area contributed by atoms with Gasteiger partial charge in [-0.25, -0.2) is 0 Å². The summed E-state index contributed by atoms with van der Waals surface area (Å²) in [6.07, 6.45) is 4.63. The molecular weight excluding hydrogens is 320 g/mol. The van der Waals surface area contributed by atoms with E-state index in [9.17, 15) is 4.79 Å². The molecule has 0 saturated carbocycles. The lowest BCUT2D eigenvalue weighted by Gasteiger charge is -2.10. The Bertz CT molecular complexity index is 1130. The lowest BCUT2D eigenvalue weighted by atomic mass is 9.95. The number of para-hydroxylation sites is 1. The number of aryl methyl sites for hydroxylation is 2. The normalized spacial score (nSPS) is 13.7. The SMILES string of the molecule is O=C(Nc1cccc2ccccc12)c1cccc2c3c([nH]c12)CCCC3. The molecule has 26 heavy (non-hydrogen) atoms. The van der Waals surface area contributed by atoms with Crippen molar-refractivity contribution in [2.75, 3.05) is 5.32 Å². The van der Waals surface area contributed by atoms with Gasteiger partial charge in [-0.05, 0) is 48.8 Å². The Morgan fingerprint density at radius 3 is 2.58 bits per heavy atom. The first kappa shape index (κ1) is 15.2. The summed E-state index contributed by atoms with van der Waals surface area (Å²) in [5.74, 6) is -0.0643. The number of hydrogen-bond donors (Lipinski definition) is 2. The number of aromatic amines is 1. The maximum Gasteiger partial charge on any atom is 0.257 e. The zero-order chi connectivity index (χ0) is 17.5. The Labute approximate surface area is 152 Å². The van der Waals surface area contributed by atoms with Gasteiger partial charge in [-0.1, -0.05) is 48.5 Å². The molecule has 3 aromatic carbocycles. The smallest absolute Gasteiger partial charge is 0.257 e. The predicted molar refractivity (Wildman–Crippen MR) is 107 cm³/mol. The number of carbonyl (C=O) groups is 1. The molecule has 1 amide bonds. The van der Waals surface area contributed by atoms with Crippen LogP contribution < -0.4 is 5.32 Å². The topological polar surface area (TPSA) is 44.9 Å². The molecule has 1 aromatic heterocycles. The summed E-state index contributed by atoms with van der Waals surface area (Å²) in [6, 6.07) is 20.1. The molecule has 0 radical (unpaired) electrons. The maximum absolute atomic E-state index is 13.1. The lowest BCUT2D eigenvalue weighted by Crippen LogP contribution is -2.12. The van der Waals surface area contributed by atoms with Crippen molar-refractivity contribution in [3.05, 3.63) is 77.5 Å². The average molecular weight is 340 g/mol. The van der Waals surface area contributed by atoms with Crippen molar-refractivity contribution in [3.8, 4) is 0 Å². The van der Waals surface area contributed by atoms with Crippen molar-refractivity contribution in [1.29, 1.82) is 0 Å². The number of H-pyrrole nitrogens is 1. The predicted octanol–water partition coefficient (Wildman–Crippen LogP) is 5.45. The standard InChI is InChI=1S/C23H20N2O/c26-23(25-20-14-5-8-15-7-1-2-9-16(15)20)19-12-6-11-18-17-10-3-4-13-21(17)24-22(18)19/h1-2,5-9,11-12,14,24H,3-4,10,13H2,(H,25,26). The summed E-state index contributed by atoms with van der Waals surface area (Å²) in [5.41, 5.74) is 5.23. The van der Waals surface area contributed by atoms with Gasteiger partial charge in [-0.15, -0.1) is 0 Å². The maximum atomic E-state index is 13.1. The number of benzene rings is 3. The molecule has 3 nitrogen and oxygen atoms in total. The fourth-order valence-corrected chi connectivity index (χ4v) is 4.14. The fraction of sp³-hybridized carbons (Fsp3) is 0.174. The number of hydrogen-bond acceptors (Lipinski definition) is 1. The summed E-state index contributed by atoms with van der Waals surface area (Å²) in [4.78, 5) is 16.6. The Morgan fingerprint density at radius 1 is 0.846 bits per heavy atom. The molecule has 0 spiro atoms. The Morgan fingerprint density at radius 2 is 1.62 bits per heavy atom. The lowest BCUT2D eigenvalue weighted by molar-refractivity contribution is 0.102. The van der Waals surface area contributed by atoms with E-state index in [-0.39, 0.29) is 5.91 Å². The van der Waals surface area contributed by atoms with Crippen LogP contribution in [-0.4, -0.2) is 10.9 Å². The number of carbonyl (C=O) groups excluding carboxylic acids is 1. The molecule has 0 unspecified atom stereocenters. The van der Waals surface area contributed by atoms with Gasteiger partial charge in [0, 0.05) is 22.2 Å². The molecule has 5 rings (SSSR count). The molecule has 4 aromatic rings. The van der Waals surface area contributed by atoms with Crippen LogP contribution in [0.25, 0.3) is 21.7 Å². The number of rotatable bonds is 2. The molecule has 3 heteroatoms. The van der Waals surface area contributed by atoms with Crippen LogP contribution in [0, 0.1) is 0 Å². The van der Waals surface area contributed by atoms with E-state index in [1.807, 2.05) is 42.5 Å². The van der Waals surface area contributed by atoms with Gasteiger partial charge in [0.1, 0.15) is 0 Å². The molecule has 0 saturated heterocycles. The minimum absolute atomic E-state index is 0.0643. The molecule has 1 aliphatic carbocycles. The van der Waals surface area contributed by atoms with Gasteiger partial charge < -0.3 is 10.3 Å². The highest BCUT2D eigenvalue weighted by molar-refractivity contribution is 6.15. The van der Waals surface area contributed by atoms with Crippen molar-refractivity contribution in [3.63, 3.8) is 0 Å². The van der Waals surface area contributed by atoms with Crippen LogP contribution in [0.4, 0.5) is 5.69 Å². The second kappa shape index (κ2) is 6.03. The van der Waals surface area contributed by atoms with Crippen LogP contribution in [0.15, 0.2) is 60.7 Å². The summed E-state index contributed by atoms with van der Waals surface area (Å²) in [5, 5.41) is 6.49. The van der Waals surface area contributed by atoms with Crippen LogP contribution >= 0.6 is 0 Å². The van der Waals surface area contributed by atoms with Gasteiger partial charge in [-0.3, -0.25) is 4.79 Å². The van der Waals surface area contributed by atoms with E-state index in [1.54, 1.807) is 0 Å². The van der Waals surface area contributed by atoms with Crippen LogP contribution in [-0.2, 0) is 12.8 Å². The molecule has 0 atom stereocenters. The monoisotopic (exact) mass is 340 g/mol. The van der Waals surface area contributed by atoms with E-state index in [0.717, 1.165) is 34.8 Å². The molecule has 0 fully saturated rings. The van der Waals surface area contributed by atoms with Crippen LogP contribution in [0.3, 0.4) is 0 Å². The van der Waals surface area contributed by atoms with Crippen molar-refractivity contribution >= 4 is 33.3 Å². The van der Waals surface area contributed by atoms with E-state index in [1.165, 1.54) is 29.5 Å². The van der Waals surface area contributed by atoms with Gasteiger partial charge in [-0.2, -0.15) is 0 Å². The van der Waals surface area contributed by atoms with Gasteiger partial charge in [0.2, 0.25) is 0 Å². The van der Waals surface area contributed by atoms with Gasteiger partial charge in [0.05, 0.1) is 11.1 Å². The first-order valence-corrected chi connectivity index (χ1v) is 9.23. The fourth-order valence-electron chi connectivity index (χ4n) is 4.14. The van der Waals surface area contributed by atoms with Crippen LogP contribution in [0.2, 0.25) is 0 Å². The van der Waals surface area contributed by atoms with Crippen molar-refractivity contribution < 1.29 is 4.79 Å². The third kappa shape index (κ3) is 2.39. The van der Waals surface area contributed by atoms with Crippen molar-refractivity contribution in [1.82, 2.24) is 4.98 Å². The summed E-state index contributed by atoms with van der Waals surface area (Å²) in [7, 11) is 0.